The molecule has 0 saturated carbocycles. The second-order valence-corrected chi connectivity index (χ2v) is 7.78. The number of amides is 1. The van der Waals surface area contributed by atoms with Crippen molar-refractivity contribution in [2.75, 3.05) is 12.3 Å². The van der Waals surface area contributed by atoms with Gasteiger partial charge in [-0.1, -0.05) is 54.2 Å². The number of hydrogen-bond donors (Lipinski definition) is 0. The van der Waals surface area contributed by atoms with E-state index in [9.17, 15) is 18.0 Å². The van der Waals surface area contributed by atoms with Gasteiger partial charge in [0, 0.05) is 19.3 Å². The molecule has 0 unspecified atom stereocenters. The maximum atomic E-state index is 12.8. The van der Waals surface area contributed by atoms with Crippen molar-refractivity contribution in [2.24, 2.45) is 0 Å². The molecular weight excluding hydrogens is 439 g/mol. The zero-order valence-corrected chi connectivity index (χ0v) is 18.2. The van der Waals surface area contributed by atoms with E-state index >= 15 is 0 Å². The van der Waals surface area contributed by atoms with Crippen LogP contribution in [0.3, 0.4) is 0 Å². The van der Waals surface area contributed by atoms with Gasteiger partial charge < -0.3 is 9.64 Å². The molecule has 1 heterocycles. The summed E-state index contributed by atoms with van der Waals surface area (Å²) in [5, 5.41) is -0.0795. The summed E-state index contributed by atoms with van der Waals surface area (Å²) < 4.78 is 44.1. The van der Waals surface area contributed by atoms with Crippen molar-refractivity contribution in [3.05, 3.63) is 83.7 Å². The number of carbonyl (C=O) groups is 1. The largest absolute Gasteiger partial charge is 0.489 e. The van der Waals surface area contributed by atoms with E-state index in [1.54, 1.807) is 4.90 Å². The van der Waals surface area contributed by atoms with Crippen LogP contribution in [0.15, 0.2) is 72.0 Å². The molecule has 1 aromatic heterocycles. The van der Waals surface area contributed by atoms with Gasteiger partial charge in [-0.05, 0) is 36.2 Å². The van der Waals surface area contributed by atoms with E-state index < -0.39 is 11.9 Å². The molecule has 2 aromatic carbocycles. The average molecular weight is 462 g/mol. The molecule has 0 radical (unpaired) electrons. The maximum Gasteiger partial charge on any atom is 0.433 e. The van der Waals surface area contributed by atoms with Crippen LogP contribution in [0, 0.1) is 0 Å². The highest BCUT2D eigenvalue weighted by atomic mass is 32.2. The minimum atomic E-state index is -4.55. The summed E-state index contributed by atoms with van der Waals surface area (Å²) in [5.41, 5.74) is 0.971. The third kappa shape index (κ3) is 6.98. The van der Waals surface area contributed by atoms with Gasteiger partial charge in [0.05, 0.1) is 5.75 Å². The van der Waals surface area contributed by atoms with Crippen LogP contribution in [0.1, 0.15) is 23.7 Å². The molecule has 0 aliphatic rings. The molecule has 0 aliphatic heterocycles. The van der Waals surface area contributed by atoms with Gasteiger partial charge in [0.15, 0.2) is 5.16 Å². The molecule has 32 heavy (non-hydrogen) atoms. The quantitative estimate of drug-likeness (QED) is 0.323. The number of rotatable bonds is 9. The standard InChI is InChI=1S/C23H22F3N3O2S/c1-2-29(21(30)16-32-22-27-13-12-20(28-22)23(24,25)26)14-17-8-10-19(11-9-17)31-15-18-6-4-3-5-7-18/h3-13H,2,14-16H2,1H3. The highest BCUT2D eigenvalue weighted by molar-refractivity contribution is 7.99. The van der Waals surface area contributed by atoms with Crippen molar-refractivity contribution >= 4 is 17.7 Å². The number of thioether (sulfide) groups is 1. The summed E-state index contributed by atoms with van der Waals surface area (Å²) in [7, 11) is 0. The van der Waals surface area contributed by atoms with Crippen LogP contribution in [0.25, 0.3) is 0 Å². The lowest BCUT2D eigenvalue weighted by Crippen LogP contribution is -2.31. The first kappa shape index (κ1) is 23.6. The Morgan fingerprint density at radius 2 is 1.75 bits per heavy atom. The maximum absolute atomic E-state index is 12.8. The average Bonchev–Trinajstić information content (AvgIpc) is 2.80. The van der Waals surface area contributed by atoms with E-state index in [4.69, 9.17) is 4.74 Å². The predicted octanol–water partition coefficient (Wildman–Crippen LogP) is 5.22. The number of aromatic nitrogens is 2. The number of ether oxygens (including phenoxy) is 1. The fourth-order valence-corrected chi connectivity index (χ4v) is 3.55. The van der Waals surface area contributed by atoms with Crippen molar-refractivity contribution in [1.82, 2.24) is 14.9 Å². The van der Waals surface area contributed by atoms with Gasteiger partial charge >= 0.3 is 6.18 Å². The molecular formula is C23H22F3N3O2S. The van der Waals surface area contributed by atoms with Crippen LogP contribution in [0.5, 0.6) is 5.75 Å². The molecule has 0 fully saturated rings. The smallest absolute Gasteiger partial charge is 0.433 e. The van der Waals surface area contributed by atoms with Gasteiger partial charge in [0.1, 0.15) is 18.1 Å². The monoisotopic (exact) mass is 461 g/mol. The molecule has 0 bridgehead atoms. The van der Waals surface area contributed by atoms with E-state index in [2.05, 4.69) is 9.97 Å². The molecule has 1 amide bonds. The van der Waals surface area contributed by atoms with E-state index in [1.165, 1.54) is 0 Å². The van der Waals surface area contributed by atoms with Gasteiger partial charge in [-0.15, -0.1) is 0 Å². The zero-order valence-electron chi connectivity index (χ0n) is 17.4. The third-order valence-corrected chi connectivity index (χ3v) is 5.37. The minimum Gasteiger partial charge on any atom is -0.489 e. The minimum absolute atomic E-state index is 0.0482. The molecule has 3 rings (SSSR count). The Balaban J connectivity index is 1.52. The van der Waals surface area contributed by atoms with E-state index in [1.807, 2.05) is 61.5 Å². The summed E-state index contributed by atoms with van der Waals surface area (Å²) in [4.78, 5) is 21.5. The number of carbonyl (C=O) groups excluding carboxylic acids is 1. The Kier molecular flexibility index (Phi) is 8.10. The van der Waals surface area contributed by atoms with Crippen LogP contribution in [0.2, 0.25) is 0 Å². The zero-order chi connectivity index (χ0) is 23.0. The van der Waals surface area contributed by atoms with Gasteiger partial charge in [0.25, 0.3) is 0 Å². The first-order chi connectivity index (χ1) is 15.3. The first-order valence-corrected chi connectivity index (χ1v) is 10.9. The third-order valence-electron chi connectivity index (χ3n) is 4.53. The molecule has 5 nitrogen and oxygen atoms in total. The lowest BCUT2D eigenvalue weighted by Gasteiger charge is -2.21. The summed E-state index contributed by atoms with van der Waals surface area (Å²) in [6.07, 6.45) is -3.50. The molecule has 0 saturated heterocycles. The van der Waals surface area contributed by atoms with Crippen molar-refractivity contribution in [1.29, 1.82) is 0 Å². The van der Waals surface area contributed by atoms with Crippen LogP contribution in [-0.4, -0.2) is 33.1 Å². The molecule has 0 N–H and O–H groups in total. The first-order valence-electron chi connectivity index (χ1n) is 9.91. The van der Waals surface area contributed by atoms with Gasteiger partial charge in [-0.2, -0.15) is 13.2 Å². The molecule has 9 heteroatoms. The summed E-state index contributed by atoms with van der Waals surface area (Å²) >= 11 is 0.887. The second-order valence-electron chi connectivity index (χ2n) is 6.84. The van der Waals surface area contributed by atoms with Crippen molar-refractivity contribution < 1.29 is 22.7 Å². The SMILES string of the molecule is CCN(Cc1ccc(OCc2ccccc2)cc1)C(=O)CSc1nccc(C(F)(F)F)n1. The highest BCUT2D eigenvalue weighted by Crippen LogP contribution is 2.28. The number of hydrogen-bond acceptors (Lipinski definition) is 5. The summed E-state index contributed by atoms with van der Waals surface area (Å²) in [6, 6.07) is 18.1. The lowest BCUT2D eigenvalue weighted by molar-refractivity contribution is -0.141. The Morgan fingerprint density at radius 1 is 1.03 bits per heavy atom. The highest BCUT2D eigenvalue weighted by Gasteiger charge is 2.32. The molecule has 0 spiro atoms. The van der Waals surface area contributed by atoms with Crippen molar-refractivity contribution in [3.63, 3.8) is 0 Å². The lowest BCUT2D eigenvalue weighted by atomic mass is 10.2. The van der Waals surface area contributed by atoms with E-state index in [0.29, 0.717) is 19.7 Å². The molecule has 0 atom stereocenters. The fraction of sp³-hybridized carbons (Fsp3) is 0.261. The fourth-order valence-electron chi connectivity index (χ4n) is 2.81. The Labute approximate surface area is 188 Å². The van der Waals surface area contributed by atoms with Crippen molar-refractivity contribution in [2.45, 2.75) is 31.4 Å². The number of alkyl halides is 3. The predicted molar refractivity (Wildman–Crippen MR) is 116 cm³/mol. The topological polar surface area (TPSA) is 55.3 Å². The van der Waals surface area contributed by atoms with Crippen LogP contribution >= 0.6 is 11.8 Å². The van der Waals surface area contributed by atoms with Crippen LogP contribution in [-0.2, 0) is 24.1 Å². The second kappa shape index (κ2) is 11.0. The van der Waals surface area contributed by atoms with Crippen LogP contribution < -0.4 is 4.74 Å². The van der Waals surface area contributed by atoms with Crippen LogP contribution in [0.4, 0.5) is 13.2 Å². The molecule has 168 valence electrons. The van der Waals surface area contributed by atoms with Gasteiger partial charge in [-0.3, -0.25) is 4.79 Å². The molecule has 3 aromatic rings. The Hall–Kier alpha value is -3.07. The normalized spacial score (nSPS) is 11.2. The summed E-state index contributed by atoms with van der Waals surface area (Å²) in [6.45, 7) is 3.17. The van der Waals surface area contributed by atoms with Gasteiger partial charge in [-0.25, -0.2) is 9.97 Å². The number of benzene rings is 2. The summed E-state index contributed by atoms with van der Waals surface area (Å²) in [5.74, 6) is 0.472. The van der Waals surface area contributed by atoms with E-state index in [0.717, 1.165) is 40.9 Å². The Morgan fingerprint density at radius 3 is 2.41 bits per heavy atom. The van der Waals surface area contributed by atoms with Gasteiger partial charge in [0.2, 0.25) is 5.91 Å². The molecule has 0 aliphatic carbocycles. The van der Waals surface area contributed by atoms with Crippen molar-refractivity contribution in [3.8, 4) is 5.75 Å². The Bertz CT molecular complexity index is 1020. The number of nitrogens with zero attached hydrogens (tertiary/aromatic N) is 3. The van der Waals surface area contributed by atoms with E-state index in [-0.39, 0.29) is 16.8 Å². The number of halogens is 3.